The highest BCUT2D eigenvalue weighted by Crippen LogP contribution is 2.44. The maximum absolute atomic E-state index is 2.42. The normalized spacial score (nSPS) is 20.2. The van der Waals surface area contributed by atoms with Gasteiger partial charge in [0.15, 0.2) is 0 Å². The first-order chi connectivity index (χ1) is 12.8. The number of rotatable bonds is 8. The highest BCUT2D eigenvalue weighted by Gasteiger charge is 2.27. The Balaban J connectivity index is 1.73. The van der Waals surface area contributed by atoms with Crippen molar-refractivity contribution >= 4 is 0 Å². The molecule has 1 aliphatic rings. The summed E-state index contributed by atoms with van der Waals surface area (Å²) in [4.78, 5) is 0. The van der Waals surface area contributed by atoms with Crippen molar-refractivity contribution in [3.8, 4) is 0 Å². The maximum atomic E-state index is 2.42. The van der Waals surface area contributed by atoms with Crippen LogP contribution in [0.1, 0.15) is 99.3 Å². The van der Waals surface area contributed by atoms with Crippen LogP contribution in [0.3, 0.4) is 0 Å². The summed E-state index contributed by atoms with van der Waals surface area (Å²) in [5.74, 6) is 1.40. The molecular formula is C26H36. The van der Waals surface area contributed by atoms with Crippen LogP contribution in [0.15, 0.2) is 48.5 Å². The third-order valence-electron chi connectivity index (χ3n) is 6.22. The van der Waals surface area contributed by atoms with Crippen molar-refractivity contribution in [2.75, 3.05) is 0 Å². The monoisotopic (exact) mass is 348 g/mol. The molecule has 1 saturated carbocycles. The molecule has 1 aliphatic carbocycles. The number of hydrogen-bond donors (Lipinski definition) is 0. The molecule has 0 heterocycles. The summed E-state index contributed by atoms with van der Waals surface area (Å²) in [5, 5.41) is 0. The summed E-state index contributed by atoms with van der Waals surface area (Å²) in [7, 11) is 0. The molecule has 0 saturated heterocycles. The van der Waals surface area contributed by atoms with E-state index < -0.39 is 0 Å². The van der Waals surface area contributed by atoms with Gasteiger partial charge in [-0.2, -0.15) is 0 Å². The molecule has 26 heavy (non-hydrogen) atoms. The first-order valence-corrected chi connectivity index (χ1v) is 11.0. The fourth-order valence-electron chi connectivity index (χ4n) is 4.55. The van der Waals surface area contributed by atoms with Crippen LogP contribution < -0.4 is 0 Å². The van der Waals surface area contributed by atoms with Gasteiger partial charge < -0.3 is 0 Å². The topological polar surface area (TPSA) is 0 Å². The van der Waals surface area contributed by atoms with Gasteiger partial charge in [0, 0.05) is 0 Å². The molecule has 140 valence electrons. The number of hydrogen-bond acceptors (Lipinski definition) is 0. The first-order valence-electron chi connectivity index (χ1n) is 11.0. The van der Waals surface area contributed by atoms with Gasteiger partial charge in [0.2, 0.25) is 0 Å². The summed E-state index contributed by atoms with van der Waals surface area (Å²) in [6, 6.07) is 19.2. The summed E-state index contributed by atoms with van der Waals surface area (Å²) in [6.45, 7) is 4.54. The Morgan fingerprint density at radius 2 is 1.00 bits per heavy atom. The molecule has 2 aromatic rings. The fourth-order valence-corrected chi connectivity index (χ4v) is 4.55. The van der Waals surface area contributed by atoms with E-state index in [1.807, 2.05) is 0 Å². The van der Waals surface area contributed by atoms with Crippen molar-refractivity contribution in [3.05, 3.63) is 70.8 Å². The summed E-state index contributed by atoms with van der Waals surface area (Å²) in [5.41, 5.74) is 6.13. The van der Waals surface area contributed by atoms with E-state index >= 15 is 0 Å². The molecule has 0 radical (unpaired) electrons. The third kappa shape index (κ3) is 5.00. The molecule has 0 spiro atoms. The standard InChI is InChI=1S/C26H36/c1-3-5-9-21-13-17-23(18-14-21)25-11-7-8-12-26(25)24-19-15-22(16-20-24)10-6-4-2/h13-20,25-26H,3-12H2,1-2H3. The van der Waals surface area contributed by atoms with Crippen molar-refractivity contribution in [1.82, 2.24) is 0 Å². The molecule has 0 aliphatic heterocycles. The summed E-state index contributed by atoms with van der Waals surface area (Å²) >= 11 is 0. The number of unbranched alkanes of at least 4 members (excludes halogenated alkanes) is 2. The second-order valence-corrected chi connectivity index (χ2v) is 8.19. The molecule has 0 bridgehead atoms. The Hall–Kier alpha value is -1.56. The van der Waals surface area contributed by atoms with Gasteiger partial charge in [-0.25, -0.2) is 0 Å². The van der Waals surface area contributed by atoms with Gasteiger partial charge in [0.1, 0.15) is 0 Å². The van der Waals surface area contributed by atoms with E-state index in [-0.39, 0.29) is 0 Å². The first kappa shape index (κ1) is 19.2. The molecule has 0 aromatic heterocycles. The minimum atomic E-state index is 0.700. The lowest BCUT2D eigenvalue weighted by Crippen LogP contribution is -2.16. The SMILES string of the molecule is CCCCc1ccc(C2CCCCC2c2ccc(CCCC)cc2)cc1. The van der Waals surface area contributed by atoms with Crippen LogP contribution >= 0.6 is 0 Å². The molecule has 2 aromatic carbocycles. The molecule has 2 atom stereocenters. The van der Waals surface area contributed by atoms with Gasteiger partial charge in [-0.1, -0.05) is 88.1 Å². The zero-order chi connectivity index (χ0) is 18.2. The van der Waals surface area contributed by atoms with E-state index in [0.717, 1.165) is 0 Å². The smallest absolute Gasteiger partial charge is 0.00931 e. The fraction of sp³-hybridized carbons (Fsp3) is 0.538. The van der Waals surface area contributed by atoms with Crippen LogP contribution in [0.4, 0.5) is 0 Å². The van der Waals surface area contributed by atoms with Gasteiger partial charge in [-0.05, 0) is 72.6 Å². The molecule has 1 fully saturated rings. The van der Waals surface area contributed by atoms with Crippen molar-refractivity contribution in [3.63, 3.8) is 0 Å². The lowest BCUT2D eigenvalue weighted by molar-refractivity contribution is 0.386. The van der Waals surface area contributed by atoms with Gasteiger partial charge in [-0.3, -0.25) is 0 Å². The maximum Gasteiger partial charge on any atom is -0.00931 e. The van der Waals surface area contributed by atoms with Crippen molar-refractivity contribution in [1.29, 1.82) is 0 Å². The second kappa shape index (κ2) is 9.95. The minimum absolute atomic E-state index is 0.700. The van der Waals surface area contributed by atoms with Crippen molar-refractivity contribution in [2.24, 2.45) is 0 Å². The summed E-state index contributed by atoms with van der Waals surface area (Å²) < 4.78 is 0. The molecule has 0 amide bonds. The lowest BCUT2D eigenvalue weighted by atomic mass is 9.72. The predicted octanol–water partition coefficient (Wildman–Crippen LogP) is 7.81. The highest BCUT2D eigenvalue weighted by molar-refractivity contribution is 5.33. The predicted molar refractivity (Wildman–Crippen MR) is 114 cm³/mol. The molecule has 0 heteroatoms. The highest BCUT2D eigenvalue weighted by atomic mass is 14.3. The Morgan fingerprint density at radius 1 is 0.615 bits per heavy atom. The average molecular weight is 349 g/mol. The second-order valence-electron chi connectivity index (χ2n) is 8.19. The molecule has 0 nitrogen and oxygen atoms in total. The average Bonchev–Trinajstić information content (AvgIpc) is 2.71. The number of aryl methyl sites for hydroxylation is 2. The van der Waals surface area contributed by atoms with Crippen molar-refractivity contribution in [2.45, 2.75) is 89.9 Å². The van der Waals surface area contributed by atoms with Crippen LogP contribution in [0.25, 0.3) is 0 Å². The van der Waals surface area contributed by atoms with E-state index in [4.69, 9.17) is 0 Å². The van der Waals surface area contributed by atoms with Crippen molar-refractivity contribution < 1.29 is 0 Å². The largest absolute Gasteiger partial charge is 0.0654 e. The lowest BCUT2D eigenvalue weighted by Gasteiger charge is -2.32. The van der Waals surface area contributed by atoms with E-state index in [0.29, 0.717) is 11.8 Å². The number of benzene rings is 2. The van der Waals surface area contributed by atoms with Crippen LogP contribution in [0.2, 0.25) is 0 Å². The Morgan fingerprint density at radius 3 is 1.35 bits per heavy atom. The quantitative estimate of drug-likeness (QED) is 0.456. The van der Waals surface area contributed by atoms with Crippen LogP contribution in [-0.2, 0) is 12.8 Å². The minimum Gasteiger partial charge on any atom is -0.0654 e. The molecule has 2 unspecified atom stereocenters. The zero-order valence-electron chi connectivity index (χ0n) is 16.8. The van der Waals surface area contributed by atoms with Crippen LogP contribution in [-0.4, -0.2) is 0 Å². The Kier molecular flexibility index (Phi) is 7.35. The van der Waals surface area contributed by atoms with E-state index in [1.54, 1.807) is 11.1 Å². The zero-order valence-corrected chi connectivity index (χ0v) is 16.8. The van der Waals surface area contributed by atoms with E-state index in [1.165, 1.54) is 75.3 Å². The van der Waals surface area contributed by atoms with Crippen LogP contribution in [0.5, 0.6) is 0 Å². The Labute approximate surface area is 161 Å². The van der Waals surface area contributed by atoms with Crippen LogP contribution in [0, 0.1) is 0 Å². The molecular weight excluding hydrogens is 312 g/mol. The third-order valence-corrected chi connectivity index (χ3v) is 6.22. The molecule has 3 rings (SSSR count). The Bertz CT molecular complexity index is 575. The van der Waals surface area contributed by atoms with Gasteiger partial charge in [0.25, 0.3) is 0 Å². The van der Waals surface area contributed by atoms with Gasteiger partial charge >= 0.3 is 0 Å². The van der Waals surface area contributed by atoms with E-state index in [9.17, 15) is 0 Å². The van der Waals surface area contributed by atoms with Gasteiger partial charge in [0.05, 0.1) is 0 Å². The van der Waals surface area contributed by atoms with E-state index in [2.05, 4.69) is 62.4 Å². The molecule has 0 N–H and O–H groups in total. The summed E-state index contributed by atoms with van der Waals surface area (Å²) in [6.07, 6.45) is 13.1. The van der Waals surface area contributed by atoms with Gasteiger partial charge in [-0.15, -0.1) is 0 Å².